The Balaban J connectivity index is 1.69. The lowest BCUT2D eigenvalue weighted by Crippen LogP contribution is -2.40. The van der Waals surface area contributed by atoms with Crippen molar-refractivity contribution in [3.05, 3.63) is 85.5 Å². The number of carbonyl (C=O) groups is 1. The zero-order chi connectivity index (χ0) is 26.8. The van der Waals surface area contributed by atoms with Crippen LogP contribution in [0.5, 0.6) is 5.75 Å². The topological polar surface area (TPSA) is 122 Å². The van der Waals surface area contributed by atoms with E-state index in [2.05, 4.69) is 4.98 Å². The van der Waals surface area contributed by atoms with Crippen LogP contribution in [-0.4, -0.2) is 51.6 Å². The van der Waals surface area contributed by atoms with Gasteiger partial charge < -0.3 is 19.3 Å². The zero-order valence-corrected chi connectivity index (χ0v) is 21.8. The monoisotopic (exact) mass is 537 g/mol. The van der Waals surface area contributed by atoms with Gasteiger partial charge in [0.15, 0.2) is 5.69 Å². The molecule has 11 heteroatoms. The average molecular weight is 538 g/mol. The van der Waals surface area contributed by atoms with Gasteiger partial charge in [0.2, 0.25) is 0 Å². The van der Waals surface area contributed by atoms with Crippen molar-refractivity contribution < 1.29 is 24.1 Å². The number of carboxylic acids is 1. The lowest BCUT2D eigenvalue weighted by atomic mass is 10.1. The van der Waals surface area contributed by atoms with Gasteiger partial charge in [0.1, 0.15) is 22.5 Å². The molecule has 1 aromatic carbocycles. The summed E-state index contributed by atoms with van der Waals surface area (Å²) in [5.74, 6) is -0.685. The second kappa shape index (κ2) is 10.9. The minimum Gasteiger partial charge on any atom is -0.496 e. The number of fused-ring (bicyclic) bond motifs is 1. The highest BCUT2D eigenvalue weighted by Gasteiger charge is 2.27. The Morgan fingerprint density at radius 1 is 1.18 bits per heavy atom. The second-order valence-electron chi connectivity index (χ2n) is 9.00. The molecule has 5 rings (SSSR count). The molecule has 1 aliphatic rings. The number of aromatic carboxylic acids is 1. The molecule has 0 spiro atoms. The van der Waals surface area contributed by atoms with E-state index < -0.39 is 23.3 Å². The van der Waals surface area contributed by atoms with Gasteiger partial charge in [-0.3, -0.25) is 9.36 Å². The number of aryl methyl sites for hydroxylation is 1. The summed E-state index contributed by atoms with van der Waals surface area (Å²) in [5.41, 5.74) is 0.0472. The maximum atomic E-state index is 13.9. The van der Waals surface area contributed by atoms with Crippen LogP contribution in [0.25, 0.3) is 16.0 Å². The van der Waals surface area contributed by atoms with Crippen molar-refractivity contribution in [2.24, 2.45) is 0 Å². The molecule has 4 aromatic rings. The lowest BCUT2D eigenvalue weighted by molar-refractivity contribution is -0.0752. The quantitative estimate of drug-likeness (QED) is 0.362. The van der Waals surface area contributed by atoms with Crippen molar-refractivity contribution in [3.63, 3.8) is 0 Å². The number of aromatic nitrogens is 3. The molecule has 1 unspecified atom stereocenters. The SMILES string of the molecule is COc1ccccc1C(Cn1c(=O)n(-c2cccc(C(=O)O)n2)c(=O)c2c(C)csc21)OC1CCOCC1. The predicted molar refractivity (Wildman–Crippen MR) is 142 cm³/mol. The van der Waals surface area contributed by atoms with Crippen molar-refractivity contribution in [2.45, 2.75) is 38.5 Å². The third kappa shape index (κ3) is 4.87. The maximum Gasteiger partial charge on any atom is 0.354 e. The largest absolute Gasteiger partial charge is 0.496 e. The van der Waals surface area contributed by atoms with E-state index in [1.165, 1.54) is 34.1 Å². The number of ether oxygens (including phenoxy) is 3. The molecule has 0 amide bonds. The van der Waals surface area contributed by atoms with Gasteiger partial charge in [-0.2, -0.15) is 0 Å². The highest BCUT2D eigenvalue weighted by atomic mass is 32.1. The van der Waals surface area contributed by atoms with Gasteiger partial charge in [-0.05, 0) is 48.9 Å². The fraction of sp³-hybridized carbons (Fsp3) is 0.333. The molecule has 10 nitrogen and oxygen atoms in total. The number of carboxylic acid groups (broad SMARTS) is 1. The smallest absolute Gasteiger partial charge is 0.354 e. The number of hydrogen-bond acceptors (Lipinski definition) is 8. The molecular formula is C27H27N3O7S. The third-order valence-electron chi connectivity index (χ3n) is 6.58. The number of methoxy groups -OCH3 is 1. The Morgan fingerprint density at radius 3 is 2.68 bits per heavy atom. The first-order chi connectivity index (χ1) is 18.4. The number of para-hydroxylation sites is 1. The van der Waals surface area contributed by atoms with Crippen LogP contribution in [0, 0.1) is 6.92 Å². The fourth-order valence-electron chi connectivity index (χ4n) is 4.68. The Morgan fingerprint density at radius 2 is 1.95 bits per heavy atom. The van der Waals surface area contributed by atoms with Crippen LogP contribution < -0.4 is 16.0 Å². The van der Waals surface area contributed by atoms with Crippen molar-refractivity contribution in [1.82, 2.24) is 14.1 Å². The summed E-state index contributed by atoms with van der Waals surface area (Å²) in [5, 5.41) is 11.6. The molecule has 1 atom stereocenters. The number of rotatable bonds is 8. The Hall–Kier alpha value is -3.80. The fourth-order valence-corrected chi connectivity index (χ4v) is 5.74. The van der Waals surface area contributed by atoms with E-state index in [0.29, 0.717) is 34.7 Å². The lowest BCUT2D eigenvalue weighted by Gasteiger charge is -2.29. The molecule has 1 saturated heterocycles. The molecule has 0 radical (unpaired) electrons. The Bertz CT molecular complexity index is 1600. The highest BCUT2D eigenvalue weighted by Crippen LogP contribution is 2.32. The van der Waals surface area contributed by atoms with E-state index in [4.69, 9.17) is 14.2 Å². The van der Waals surface area contributed by atoms with Crippen LogP contribution >= 0.6 is 11.3 Å². The van der Waals surface area contributed by atoms with Crippen LogP contribution in [0.1, 0.15) is 40.6 Å². The molecular weight excluding hydrogens is 510 g/mol. The number of nitrogens with zero attached hydrogens (tertiary/aromatic N) is 3. The summed E-state index contributed by atoms with van der Waals surface area (Å²) < 4.78 is 20.1. The van der Waals surface area contributed by atoms with Crippen LogP contribution in [-0.2, 0) is 16.0 Å². The van der Waals surface area contributed by atoms with Gasteiger partial charge in [0.05, 0.1) is 25.1 Å². The van der Waals surface area contributed by atoms with Crippen molar-refractivity contribution in [1.29, 1.82) is 0 Å². The van der Waals surface area contributed by atoms with E-state index in [-0.39, 0.29) is 24.2 Å². The number of thiophene rings is 1. The summed E-state index contributed by atoms with van der Waals surface area (Å²) >= 11 is 1.30. The predicted octanol–water partition coefficient (Wildman–Crippen LogP) is 3.56. The minimum atomic E-state index is -1.26. The van der Waals surface area contributed by atoms with Gasteiger partial charge >= 0.3 is 11.7 Å². The molecule has 1 fully saturated rings. The van der Waals surface area contributed by atoms with Gasteiger partial charge in [0.25, 0.3) is 5.56 Å². The van der Waals surface area contributed by atoms with Crippen LogP contribution in [0.2, 0.25) is 0 Å². The third-order valence-corrected chi connectivity index (χ3v) is 7.70. The van der Waals surface area contributed by atoms with Gasteiger partial charge in [-0.15, -0.1) is 11.3 Å². The van der Waals surface area contributed by atoms with Crippen LogP contribution in [0.3, 0.4) is 0 Å². The highest BCUT2D eigenvalue weighted by molar-refractivity contribution is 7.17. The Kier molecular flexibility index (Phi) is 7.41. The first kappa shape index (κ1) is 25.8. The van der Waals surface area contributed by atoms with E-state index in [1.54, 1.807) is 14.0 Å². The first-order valence-electron chi connectivity index (χ1n) is 12.2. The van der Waals surface area contributed by atoms with Gasteiger partial charge in [0, 0.05) is 18.8 Å². The molecule has 198 valence electrons. The zero-order valence-electron chi connectivity index (χ0n) is 21.0. The maximum absolute atomic E-state index is 13.9. The Labute approximate surface area is 221 Å². The van der Waals surface area contributed by atoms with E-state index in [9.17, 15) is 19.5 Å². The van der Waals surface area contributed by atoms with E-state index in [1.807, 2.05) is 29.6 Å². The molecule has 0 aliphatic carbocycles. The van der Waals surface area contributed by atoms with Crippen molar-refractivity contribution in [3.8, 4) is 11.6 Å². The first-order valence-corrected chi connectivity index (χ1v) is 13.1. The number of pyridine rings is 1. The molecule has 4 heterocycles. The summed E-state index contributed by atoms with van der Waals surface area (Å²) in [7, 11) is 1.58. The molecule has 1 N–H and O–H groups in total. The summed E-state index contributed by atoms with van der Waals surface area (Å²) in [4.78, 5) is 43.6. The molecule has 0 bridgehead atoms. The summed E-state index contributed by atoms with van der Waals surface area (Å²) in [6.07, 6.45) is 0.801. The summed E-state index contributed by atoms with van der Waals surface area (Å²) in [6.45, 7) is 3.09. The van der Waals surface area contributed by atoms with Gasteiger partial charge in [-0.1, -0.05) is 24.3 Å². The number of hydrogen-bond donors (Lipinski definition) is 1. The molecule has 38 heavy (non-hydrogen) atoms. The molecule has 0 saturated carbocycles. The van der Waals surface area contributed by atoms with Gasteiger partial charge in [-0.25, -0.2) is 19.1 Å². The van der Waals surface area contributed by atoms with Crippen molar-refractivity contribution >= 4 is 27.5 Å². The normalized spacial score (nSPS) is 15.0. The standard InChI is InChI=1S/C27H27N3O7S/c1-16-15-38-25-23(16)24(31)30(22-9-5-7-19(28-22)26(32)33)27(34)29(25)14-21(37-17-10-12-36-13-11-17)18-6-3-4-8-20(18)35-2/h3-9,15,17,21H,10-14H2,1-2H3,(H,32,33). The minimum absolute atomic E-state index is 0.0552. The van der Waals surface area contributed by atoms with Crippen LogP contribution in [0.4, 0.5) is 0 Å². The van der Waals surface area contributed by atoms with E-state index >= 15 is 0 Å². The molecule has 3 aromatic heterocycles. The van der Waals surface area contributed by atoms with Crippen molar-refractivity contribution in [2.75, 3.05) is 20.3 Å². The summed E-state index contributed by atoms with van der Waals surface area (Å²) in [6, 6.07) is 11.7. The average Bonchev–Trinajstić information content (AvgIpc) is 3.32. The second-order valence-corrected chi connectivity index (χ2v) is 9.86. The van der Waals surface area contributed by atoms with E-state index in [0.717, 1.165) is 23.0 Å². The van der Waals surface area contributed by atoms with Crippen LogP contribution in [0.15, 0.2) is 57.4 Å². The number of benzene rings is 1. The molecule has 1 aliphatic heterocycles.